The Hall–Kier alpha value is -2.31. The molecule has 1 heterocycles. The smallest absolute Gasteiger partial charge is 0.363 e. The summed E-state index contributed by atoms with van der Waals surface area (Å²) in [7, 11) is 3.68. The SMILES string of the molecule is CN(C)c1cc(Nc2ccc(C(F)(F)F)cc2)ncn1. The summed E-state index contributed by atoms with van der Waals surface area (Å²) in [6.07, 6.45) is -2.94. The molecule has 0 saturated heterocycles. The molecule has 0 aliphatic rings. The van der Waals surface area contributed by atoms with Gasteiger partial charge in [-0.25, -0.2) is 9.97 Å². The molecule has 0 atom stereocenters. The van der Waals surface area contributed by atoms with Crippen molar-refractivity contribution in [2.24, 2.45) is 0 Å². The van der Waals surface area contributed by atoms with Crippen molar-refractivity contribution in [2.75, 3.05) is 24.3 Å². The predicted molar refractivity (Wildman–Crippen MR) is 71.1 cm³/mol. The maximum absolute atomic E-state index is 12.4. The Bertz CT molecular complexity index is 579. The maximum Gasteiger partial charge on any atom is 0.416 e. The number of benzene rings is 1. The summed E-state index contributed by atoms with van der Waals surface area (Å²) < 4.78 is 37.3. The Morgan fingerprint density at radius 1 is 1.05 bits per heavy atom. The van der Waals surface area contributed by atoms with Crippen LogP contribution in [0.25, 0.3) is 0 Å². The molecule has 7 heteroatoms. The third-order valence-corrected chi connectivity index (χ3v) is 2.60. The van der Waals surface area contributed by atoms with Crippen LogP contribution in [0, 0.1) is 0 Å². The minimum Gasteiger partial charge on any atom is -0.363 e. The molecule has 0 aliphatic heterocycles. The van der Waals surface area contributed by atoms with Crippen molar-refractivity contribution in [3.63, 3.8) is 0 Å². The van der Waals surface area contributed by atoms with E-state index in [9.17, 15) is 13.2 Å². The minimum atomic E-state index is -4.33. The van der Waals surface area contributed by atoms with E-state index in [4.69, 9.17) is 0 Å². The second-order valence-electron chi connectivity index (χ2n) is 4.36. The topological polar surface area (TPSA) is 41.0 Å². The lowest BCUT2D eigenvalue weighted by Gasteiger charge is -2.13. The lowest BCUT2D eigenvalue weighted by atomic mass is 10.2. The molecule has 0 aliphatic carbocycles. The Kier molecular flexibility index (Phi) is 3.78. The summed E-state index contributed by atoms with van der Waals surface area (Å²) in [5.41, 5.74) is -0.152. The first kappa shape index (κ1) is 14.1. The summed E-state index contributed by atoms with van der Waals surface area (Å²) >= 11 is 0. The molecule has 0 unspecified atom stereocenters. The zero-order chi connectivity index (χ0) is 14.8. The highest BCUT2D eigenvalue weighted by molar-refractivity contribution is 5.59. The van der Waals surface area contributed by atoms with E-state index in [1.807, 2.05) is 14.1 Å². The number of nitrogens with one attached hydrogen (secondary N) is 1. The van der Waals surface area contributed by atoms with E-state index in [1.54, 1.807) is 11.0 Å². The van der Waals surface area contributed by atoms with Crippen LogP contribution in [0.3, 0.4) is 0 Å². The average molecular weight is 282 g/mol. The fourth-order valence-corrected chi connectivity index (χ4v) is 1.55. The van der Waals surface area contributed by atoms with Gasteiger partial charge in [-0.2, -0.15) is 13.2 Å². The Morgan fingerprint density at radius 2 is 1.70 bits per heavy atom. The van der Waals surface area contributed by atoms with E-state index >= 15 is 0 Å². The average Bonchev–Trinajstić information content (AvgIpc) is 2.38. The number of hydrogen-bond donors (Lipinski definition) is 1. The number of hydrogen-bond acceptors (Lipinski definition) is 4. The molecule has 0 spiro atoms. The highest BCUT2D eigenvalue weighted by Crippen LogP contribution is 2.30. The summed E-state index contributed by atoms with van der Waals surface area (Å²) in [5, 5.41) is 2.93. The van der Waals surface area contributed by atoms with Crippen LogP contribution in [0.4, 0.5) is 30.5 Å². The number of alkyl halides is 3. The van der Waals surface area contributed by atoms with E-state index in [0.717, 1.165) is 12.1 Å². The molecule has 2 aromatic rings. The molecule has 4 nitrogen and oxygen atoms in total. The van der Waals surface area contributed by atoms with Gasteiger partial charge in [-0.05, 0) is 24.3 Å². The zero-order valence-corrected chi connectivity index (χ0v) is 10.9. The van der Waals surface area contributed by atoms with Crippen molar-refractivity contribution in [1.29, 1.82) is 0 Å². The number of anilines is 3. The summed E-state index contributed by atoms with van der Waals surface area (Å²) in [4.78, 5) is 9.88. The zero-order valence-electron chi connectivity index (χ0n) is 10.9. The molecular formula is C13H13F3N4. The number of halogens is 3. The van der Waals surface area contributed by atoms with Gasteiger partial charge in [-0.15, -0.1) is 0 Å². The van der Waals surface area contributed by atoms with E-state index < -0.39 is 11.7 Å². The van der Waals surface area contributed by atoms with Crippen molar-refractivity contribution in [1.82, 2.24) is 9.97 Å². The lowest BCUT2D eigenvalue weighted by molar-refractivity contribution is -0.137. The van der Waals surface area contributed by atoms with Gasteiger partial charge in [0.05, 0.1) is 5.56 Å². The van der Waals surface area contributed by atoms with Crippen LogP contribution in [-0.2, 0) is 6.18 Å². The summed E-state index contributed by atoms with van der Waals surface area (Å²) in [6, 6.07) is 6.48. The van der Waals surface area contributed by atoms with E-state index in [1.165, 1.54) is 18.5 Å². The van der Waals surface area contributed by atoms with E-state index in [2.05, 4.69) is 15.3 Å². The second kappa shape index (κ2) is 5.36. The van der Waals surface area contributed by atoms with Gasteiger partial charge >= 0.3 is 6.18 Å². The maximum atomic E-state index is 12.4. The fourth-order valence-electron chi connectivity index (χ4n) is 1.55. The standard InChI is InChI=1S/C13H13F3N4/c1-20(2)12-7-11(17-8-18-12)19-10-5-3-9(4-6-10)13(14,15)16/h3-8H,1-2H3,(H,17,18,19). The third kappa shape index (κ3) is 3.37. The minimum absolute atomic E-state index is 0.517. The van der Waals surface area contributed by atoms with Crippen molar-refractivity contribution in [2.45, 2.75) is 6.18 Å². The van der Waals surface area contributed by atoms with Gasteiger partial charge in [0.1, 0.15) is 18.0 Å². The van der Waals surface area contributed by atoms with Gasteiger partial charge in [-0.3, -0.25) is 0 Å². The largest absolute Gasteiger partial charge is 0.416 e. The molecule has 20 heavy (non-hydrogen) atoms. The monoisotopic (exact) mass is 282 g/mol. The first-order chi connectivity index (χ1) is 9.36. The van der Waals surface area contributed by atoms with Crippen LogP contribution < -0.4 is 10.2 Å². The van der Waals surface area contributed by atoms with Crippen LogP contribution in [0.2, 0.25) is 0 Å². The van der Waals surface area contributed by atoms with Gasteiger partial charge in [-0.1, -0.05) is 0 Å². The Labute approximate surface area is 114 Å². The molecular weight excluding hydrogens is 269 g/mol. The number of rotatable bonds is 3. The normalized spacial score (nSPS) is 11.2. The van der Waals surface area contributed by atoms with Crippen molar-refractivity contribution >= 4 is 17.3 Å². The molecule has 2 rings (SSSR count). The van der Waals surface area contributed by atoms with Gasteiger partial charge in [0, 0.05) is 25.8 Å². The first-order valence-electron chi connectivity index (χ1n) is 5.80. The molecule has 0 amide bonds. The first-order valence-corrected chi connectivity index (χ1v) is 5.80. The molecule has 1 aromatic carbocycles. The highest BCUT2D eigenvalue weighted by atomic mass is 19.4. The Balaban J connectivity index is 2.16. The summed E-state index contributed by atoms with van der Waals surface area (Å²) in [5.74, 6) is 1.22. The lowest BCUT2D eigenvalue weighted by Crippen LogP contribution is -2.11. The van der Waals surface area contributed by atoms with Gasteiger partial charge in [0.2, 0.25) is 0 Å². The third-order valence-electron chi connectivity index (χ3n) is 2.60. The Morgan fingerprint density at radius 3 is 2.25 bits per heavy atom. The van der Waals surface area contributed by atoms with Crippen molar-refractivity contribution in [3.8, 4) is 0 Å². The second-order valence-corrected chi connectivity index (χ2v) is 4.36. The van der Waals surface area contributed by atoms with Gasteiger partial charge < -0.3 is 10.2 Å². The number of aromatic nitrogens is 2. The molecule has 106 valence electrons. The quantitative estimate of drug-likeness (QED) is 0.937. The molecule has 0 radical (unpaired) electrons. The van der Waals surface area contributed by atoms with Crippen molar-refractivity contribution < 1.29 is 13.2 Å². The molecule has 1 N–H and O–H groups in total. The van der Waals surface area contributed by atoms with Crippen LogP contribution >= 0.6 is 0 Å². The summed E-state index contributed by atoms with van der Waals surface area (Å²) in [6.45, 7) is 0. The van der Waals surface area contributed by atoms with Crippen molar-refractivity contribution in [3.05, 3.63) is 42.2 Å². The molecule has 0 saturated carbocycles. The van der Waals surface area contributed by atoms with Crippen LogP contribution in [0.5, 0.6) is 0 Å². The fraction of sp³-hybridized carbons (Fsp3) is 0.231. The van der Waals surface area contributed by atoms with Gasteiger partial charge in [0.25, 0.3) is 0 Å². The molecule has 0 fully saturated rings. The van der Waals surface area contributed by atoms with Crippen LogP contribution in [-0.4, -0.2) is 24.1 Å². The highest BCUT2D eigenvalue weighted by Gasteiger charge is 2.29. The van der Waals surface area contributed by atoms with E-state index in [-0.39, 0.29) is 0 Å². The van der Waals surface area contributed by atoms with Gasteiger partial charge in [0.15, 0.2) is 0 Å². The van der Waals surface area contributed by atoms with Crippen LogP contribution in [0.1, 0.15) is 5.56 Å². The predicted octanol–water partition coefficient (Wildman–Crippen LogP) is 3.31. The molecule has 1 aromatic heterocycles. The van der Waals surface area contributed by atoms with Crippen LogP contribution in [0.15, 0.2) is 36.7 Å². The molecule has 0 bridgehead atoms. The number of nitrogens with zero attached hydrogens (tertiary/aromatic N) is 3. The van der Waals surface area contributed by atoms with E-state index in [0.29, 0.717) is 17.3 Å².